The van der Waals surface area contributed by atoms with Gasteiger partial charge in [0.1, 0.15) is 21.8 Å². The Bertz CT molecular complexity index is 1070. The molecule has 2 fully saturated rings. The zero-order chi connectivity index (χ0) is 24.8. The van der Waals surface area contributed by atoms with Crippen LogP contribution in [-0.4, -0.2) is 75.6 Å². The van der Waals surface area contributed by atoms with Gasteiger partial charge in [0.25, 0.3) is 11.5 Å². The topological polar surface area (TPSA) is 92.8 Å². The number of piperazine rings is 1. The van der Waals surface area contributed by atoms with Gasteiger partial charge in [-0.25, -0.2) is 0 Å². The van der Waals surface area contributed by atoms with E-state index in [2.05, 4.69) is 22.8 Å². The number of hydrogen-bond donors (Lipinski definition) is 1. The molecule has 2 saturated heterocycles. The fourth-order valence-corrected chi connectivity index (χ4v) is 5.74. The Morgan fingerprint density at radius 3 is 2.44 bits per heavy atom. The van der Waals surface area contributed by atoms with Gasteiger partial charge in [-0.05, 0) is 31.9 Å². The highest BCUT2D eigenvalue weighted by Gasteiger charge is 2.33. The molecule has 8 nitrogen and oxygen atoms in total. The number of pyridine rings is 1. The molecule has 0 aromatic carbocycles. The third-order valence-corrected chi connectivity index (χ3v) is 7.76. The summed E-state index contributed by atoms with van der Waals surface area (Å²) in [6, 6.07) is 2.08. The molecule has 0 aliphatic carbocycles. The maximum atomic E-state index is 13.2. The molecule has 1 N–H and O–H groups in total. The van der Waals surface area contributed by atoms with Gasteiger partial charge in [-0.1, -0.05) is 43.7 Å². The van der Waals surface area contributed by atoms with Crippen molar-refractivity contribution in [3.63, 3.8) is 0 Å². The van der Waals surface area contributed by atoms with Gasteiger partial charge >= 0.3 is 0 Å². The van der Waals surface area contributed by atoms with Crippen molar-refractivity contribution in [2.75, 3.05) is 50.8 Å². The monoisotopic (exact) mass is 503 g/mol. The Morgan fingerprint density at radius 1 is 1.15 bits per heavy atom. The van der Waals surface area contributed by atoms with E-state index in [1.807, 2.05) is 13.0 Å². The molecular weight excluding hydrogens is 470 g/mol. The number of amides is 1. The SMILES string of the molecule is CCCCCN1C(=O)C(=Cc2c(C)c(C#N)c(=O)n(CC)c2N2CCN(CCO)CC2)SC1=S. The molecule has 3 rings (SSSR count). The number of aliphatic hydroxyl groups is 1. The number of rotatable bonds is 9. The molecule has 1 aromatic rings. The van der Waals surface area contributed by atoms with E-state index < -0.39 is 0 Å². The second-order valence-corrected chi connectivity index (χ2v) is 10.2. The Hall–Kier alpha value is -2.19. The number of aliphatic hydroxyl groups excluding tert-OH is 1. The summed E-state index contributed by atoms with van der Waals surface area (Å²) in [4.78, 5) is 32.8. The first kappa shape index (κ1) is 26.4. The van der Waals surface area contributed by atoms with Crippen molar-refractivity contribution < 1.29 is 9.90 Å². The lowest BCUT2D eigenvalue weighted by Crippen LogP contribution is -2.49. The standard InChI is InChI=1S/C24H33N5O3S2/c1-4-6-7-8-29-23(32)20(34-24(29)33)15-18-17(3)19(16-25)22(31)28(5-2)21(18)27-11-9-26(10-12-27)13-14-30/h15,30H,4-14H2,1-3H3. The fourth-order valence-electron chi connectivity index (χ4n) is 4.45. The summed E-state index contributed by atoms with van der Waals surface area (Å²) in [5.74, 6) is 0.626. The molecule has 0 radical (unpaired) electrons. The molecule has 34 heavy (non-hydrogen) atoms. The van der Waals surface area contributed by atoms with Crippen molar-refractivity contribution in [1.29, 1.82) is 5.26 Å². The van der Waals surface area contributed by atoms with Crippen LogP contribution < -0.4 is 10.5 Å². The van der Waals surface area contributed by atoms with Gasteiger partial charge in [-0.2, -0.15) is 5.26 Å². The lowest BCUT2D eigenvalue weighted by Gasteiger charge is -2.37. The largest absolute Gasteiger partial charge is 0.395 e. The van der Waals surface area contributed by atoms with Crippen LogP contribution in [0.5, 0.6) is 0 Å². The molecule has 0 atom stereocenters. The van der Waals surface area contributed by atoms with Gasteiger partial charge in [0.05, 0.1) is 11.5 Å². The van der Waals surface area contributed by atoms with E-state index in [1.165, 1.54) is 11.8 Å². The Morgan fingerprint density at radius 2 is 1.85 bits per heavy atom. The first-order valence-corrected chi connectivity index (χ1v) is 13.1. The zero-order valence-corrected chi connectivity index (χ0v) is 21.8. The number of nitriles is 1. The molecule has 3 heterocycles. The van der Waals surface area contributed by atoms with Crippen LogP contribution in [0.2, 0.25) is 0 Å². The van der Waals surface area contributed by atoms with Crippen LogP contribution in [0.1, 0.15) is 49.8 Å². The van der Waals surface area contributed by atoms with E-state index in [4.69, 9.17) is 12.2 Å². The number of unbranched alkanes of at least 4 members (excludes halogenated alkanes) is 2. The van der Waals surface area contributed by atoms with Crippen molar-refractivity contribution >= 4 is 46.1 Å². The van der Waals surface area contributed by atoms with Gasteiger partial charge in [-0.15, -0.1) is 0 Å². The average Bonchev–Trinajstić information content (AvgIpc) is 3.09. The second-order valence-electron chi connectivity index (χ2n) is 8.49. The first-order chi connectivity index (χ1) is 16.4. The summed E-state index contributed by atoms with van der Waals surface area (Å²) in [7, 11) is 0. The molecule has 0 unspecified atom stereocenters. The summed E-state index contributed by atoms with van der Waals surface area (Å²) in [5.41, 5.74) is 1.11. The van der Waals surface area contributed by atoms with Gasteiger partial charge in [0.2, 0.25) is 0 Å². The van der Waals surface area contributed by atoms with Crippen molar-refractivity contribution in [3.05, 3.63) is 31.9 Å². The molecule has 184 valence electrons. The minimum absolute atomic E-state index is 0.106. The summed E-state index contributed by atoms with van der Waals surface area (Å²) < 4.78 is 2.19. The first-order valence-electron chi connectivity index (χ1n) is 11.9. The average molecular weight is 504 g/mol. The Labute approximate surface area is 210 Å². The molecule has 2 aliphatic heterocycles. The molecule has 2 aliphatic rings. The minimum Gasteiger partial charge on any atom is -0.395 e. The fraction of sp³-hybridized carbons (Fsp3) is 0.583. The number of aromatic nitrogens is 1. The molecule has 0 spiro atoms. The highest BCUT2D eigenvalue weighted by atomic mass is 32.2. The molecule has 0 saturated carbocycles. The number of carbonyl (C=O) groups is 1. The van der Waals surface area contributed by atoms with Crippen LogP contribution in [0.3, 0.4) is 0 Å². The van der Waals surface area contributed by atoms with E-state index in [0.717, 1.165) is 43.7 Å². The van der Waals surface area contributed by atoms with Crippen LogP contribution in [0, 0.1) is 18.3 Å². The predicted molar refractivity (Wildman–Crippen MR) is 141 cm³/mol. The van der Waals surface area contributed by atoms with Crippen molar-refractivity contribution in [2.24, 2.45) is 0 Å². The predicted octanol–water partition coefficient (Wildman–Crippen LogP) is 2.55. The highest BCUT2D eigenvalue weighted by molar-refractivity contribution is 8.26. The van der Waals surface area contributed by atoms with E-state index >= 15 is 0 Å². The van der Waals surface area contributed by atoms with Gasteiger partial charge in [0.15, 0.2) is 0 Å². The number of β-amino-alcohol motifs (C(OH)–C–C–N with tert-alkyl or cyclic N) is 1. The quantitative estimate of drug-likeness (QED) is 0.312. The summed E-state index contributed by atoms with van der Waals surface area (Å²) in [6.07, 6.45) is 4.82. The smallest absolute Gasteiger partial charge is 0.270 e. The molecule has 1 aromatic heterocycles. The second kappa shape index (κ2) is 12.0. The summed E-state index contributed by atoms with van der Waals surface area (Å²) in [5, 5.41) is 19.0. The molecule has 10 heteroatoms. The zero-order valence-electron chi connectivity index (χ0n) is 20.2. The number of anilines is 1. The van der Waals surface area contributed by atoms with Crippen LogP contribution in [0.15, 0.2) is 9.70 Å². The van der Waals surface area contributed by atoms with E-state index in [0.29, 0.717) is 47.5 Å². The number of hydrogen-bond acceptors (Lipinski definition) is 8. The molecule has 0 bridgehead atoms. The van der Waals surface area contributed by atoms with E-state index in [1.54, 1.807) is 16.4 Å². The van der Waals surface area contributed by atoms with Crippen molar-refractivity contribution in [2.45, 2.75) is 46.6 Å². The minimum atomic E-state index is -0.306. The number of thiocarbonyl (C=S) groups is 1. The van der Waals surface area contributed by atoms with E-state index in [9.17, 15) is 20.0 Å². The number of thioether (sulfide) groups is 1. The van der Waals surface area contributed by atoms with Crippen LogP contribution in [-0.2, 0) is 11.3 Å². The number of carbonyl (C=O) groups excluding carboxylic acids is 1. The van der Waals surface area contributed by atoms with Crippen molar-refractivity contribution in [3.8, 4) is 6.07 Å². The Balaban J connectivity index is 2.06. The summed E-state index contributed by atoms with van der Waals surface area (Å²) >= 11 is 6.77. The lowest BCUT2D eigenvalue weighted by molar-refractivity contribution is -0.122. The lowest BCUT2D eigenvalue weighted by atomic mass is 10.0. The van der Waals surface area contributed by atoms with Gasteiger partial charge < -0.3 is 10.0 Å². The van der Waals surface area contributed by atoms with Crippen LogP contribution in [0.25, 0.3) is 6.08 Å². The maximum Gasteiger partial charge on any atom is 0.270 e. The van der Waals surface area contributed by atoms with Gasteiger partial charge in [-0.3, -0.25) is 24.0 Å². The maximum absolute atomic E-state index is 13.2. The van der Waals surface area contributed by atoms with E-state index in [-0.39, 0.29) is 23.6 Å². The van der Waals surface area contributed by atoms with Crippen LogP contribution >= 0.6 is 24.0 Å². The summed E-state index contributed by atoms with van der Waals surface area (Å²) in [6.45, 7) is 10.4. The highest BCUT2D eigenvalue weighted by Crippen LogP contribution is 2.36. The van der Waals surface area contributed by atoms with Gasteiger partial charge in [0, 0.05) is 51.4 Å². The Kier molecular flexibility index (Phi) is 9.31. The normalized spacial score (nSPS) is 18.3. The third kappa shape index (κ3) is 5.38. The third-order valence-electron chi connectivity index (χ3n) is 6.38. The van der Waals surface area contributed by atoms with Crippen molar-refractivity contribution in [1.82, 2.24) is 14.4 Å². The molecular formula is C24H33N5O3S2. The van der Waals surface area contributed by atoms with Crippen LogP contribution in [0.4, 0.5) is 5.82 Å². The number of nitrogens with zero attached hydrogens (tertiary/aromatic N) is 5. The molecule has 1 amide bonds.